The number of carbonyl (C=O) groups is 1. The summed E-state index contributed by atoms with van der Waals surface area (Å²) in [5.41, 5.74) is 1.23. The van der Waals surface area contributed by atoms with Crippen LogP contribution in [0.5, 0.6) is 0 Å². The number of carbonyl (C=O) groups excluding carboxylic acids is 1. The molecule has 3 fully saturated rings. The Bertz CT molecular complexity index is 562. The molecule has 4 rings (SSSR count). The van der Waals surface area contributed by atoms with Gasteiger partial charge in [-0.15, -0.1) is 0 Å². The molecule has 0 spiro atoms. The van der Waals surface area contributed by atoms with E-state index in [2.05, 4.69) is 9.88 Å². The van der Waals surface area contributed by atoms with Gasteiger partial charge >= 0.3 is 0 Å². The Hall–Kier alpha value is -1.50. The van der Waals surface area contributed by atoms with E-state index < -0.39 is 0 Å². The number of fused-ring (bicyclic) bond motifs is 1. The second-order valence-corrected chi connectivity index (χ2v) is 6.96. The molecule has 0 N–H and O–H groups in total. The summed E-state index contributed by atoms with van der Waals surface area (Å²) in [4.78, 5) is 24.9. The van der Waals surface area contributed by atoms with Crippen LogP contribution in [0.4, 0.5) is 0 Å². The van der Waals surface area contributed by atoms with Gasteiger partial charge in [0, 0.05) is 44.7 Å². The summed E-state index contributed by atoms with van der Waals surface area (Å²) in [5.74, 6) is 0.0904. The van der Waals surface area contributed by atoms with Crippen LogP contribution in [0.15, 0.2) is 24.5 Å². The molecular formula is C18H25N3O3. The lowest BCUT2D eigenvalue weighted by Gasteiger charge is -2.41. The number of pyridine rings is 1. The van der Waals surface area contributed by atoms with E-state index in [1.165, 1.54) is 5.56 Å². The lowest BCUT2D eigenvalue weighted by atomic mass is 9.89. The molecule has 0 aromatic carbocycles. The summed E-state index contributed by atoms with van der Waals surface area (Å²) in [5, 5.41) is 1.59. The first kappa shape index (κ1) is 16.0. The highest BCUT2D eigenvalue weighted by Crippen LogP contribution is 2.33. The van der Waals surface area contributed by atoms with Crippen molar-refractivity contribution in [2.75, 3.05) is 26.3 Å². The van der Waals surface area contributed by atoms with Crippen LogP contribution in [0.3, 0.4) is 0 Å². The number of aromatic nitrogens is 1. The molecule has 24 heavy (non-hydrogen) atoms. The zero-order chi connectivity index (χ0) is 16.4. The second-order valence-electron chi connectivity index (χ2n) is 6.96. The van der Waals surface area contributed by atoms with Gasteiger partial charge in [-0.05, 0) is 43.4 Å². The van der Waals surface area contributed by atoms with Crippen LogP contribution in [-0.2, 0) is 20.9 Å². The Morgan fingerprint density at radius 3 is 2.92 bits per heavy atom. The molecule has 6 heteroatoms. The van der Waals surface area contributed by atoms with Crippen molar-refractivity contribution in [2.45, 2.75) is 44.4 Å². The Balaban J connectivity index is 1.47. The normalized spacial score (nSPS) is 31.0. The second kappa shape index (κ2) is 7.17. The first-order chi connectivity index (χ1) is 11.8. The predicted octanol–water partition coefficient (Wildman–Crippen LogP) is 1.61. The van der Waals surface area contributed by atoms with Crippen molar-refractivity contribution >= 4 is 5.91 Å². The van der Waals surface area contributed by atoms with Crippen molar-refractivity contribution in [1.29, 1.82) is 0 Å². The van der Waals surface area contributed by atoms with E-state index in [1.807, 2.05) is 24.5 Å². The van der Waals surface area contributed by atoms with E-state index in [9.17, 15) is 4.79 Å². The third-order valence-electron chi connectivity index (χ3n) is 5.35. The maximum atomic E-state index is 12.8. The Kier molecular flexibility index (Phi) is 4.78. The summed E-state index contributed by atoms with van der Waals surface area (Å²) >= 11 is 0. The fraction of sp³-hybridized carbons (Fsp3) is 0.667. The van der Waals surface area contributed by atoms with Gasteiger partial charge < -0.3 is 4.74 Å². The number of likely N-dealkylation sites (tertiary alicyclic amines) is 1. The number of hydrogen-bond acceptors (Lipinski definition) is 5. The topological polar surface area (TPSA) is 54.9 Å². The Morgan fingerprint density at radius 2 is 2.12 bits per heavy atom. The van der Waals surface area contributed by atoms with Crippen LogP contribution in [-0.4, -0.2) is 59.3 Å². The van der Waals surface area contributed by atoms with Gasteiger partial charge in [0.1, 0.15) is 0 Å². The molecule has 1 amide bonds. The molecule has 3 atom stereocenters. The number of ether oxygens (including phenoxy) is 1. The van der Waals surface area contributed by atoms with Crippen LogP contribution in [0.1, 0.15) is 31.2 Å². The molecule has 3 saturated heterocycles. The molecule has 1 aromatic heterocycles. The van der Waals surface area contributed by atoms with E-state index in [-0.39, 0.29) is 17.9 Å². The highest BCUT2D eigenvalue weighted by molar-refractivity contribution is 5.78. The number of rotatable bonds is 3. The van der Waals surface area contributed by atoms with Crippen LogP contribution < -0.4 is 0 Å². The van der Waals surface area contributed by atoms with E-state index >= 15 is 0 Å². The average molecular weight is 331 g/mol. The van der Waals surface area contributed by atoms with Crippen molar-refractivity contribution in [3.8, 4) is 0 Å². The molecule has 4 heterocycles. The molecule has 0 radical (unpaired) electrons. The highest BCUT2D eigenvalue weighted by Gasteiger charge is 2.43. The molecule has 0 bridgehead atoms. The van der Waals surface area contributed by atoms with E-state index in [0.29, 0.717) is 19.2 Å². The van der Waals surface area contributed by atoms with E-state index in [0.717, 1.165) is 45.4 Å². The first-order valence-corrected chi connectivity index (χ1v) is 9.00. The zero-order valence-corrected chi connectivity index (χ0v) is 14.0. The summed E-state index contributed by atoms with van der Waals surface area (Å²) < 4.78 is 5.93. The summed E-state index contributed by atoms with van der Waals surface area (Å²) in [7, 11) is 0. The molecule has 0 saturated carbocycles. The minimum atomic E-state index is -0.0377. The highest BCUT2D eigenvalue weighted by atomic mass is 16.7. The van der Waals surface area contributed by atoms with Crippen molar-refractivity contribution < 1.29 is 14.4 Å². The van der Waals surface area contributed by atoms with Crippen molar-refractivity contribution in [2.24, 2.45) is 5.92 Å². The smallest absolute Gasteiger partial charge is 0.250 e. The van der Waals surface area contributed by atoms with Crippen LogP contribution in [0.2, 0.25) is 0 Å². The van der Waals surface area contributed by atoms with Gasteiger partial charge in [0.25, 0.3) is 5.91 Å². The molecule has 130 valence electrons. The largest absolute Gasteiger partial charge is 0.377 e. The van der Waals surface area contributed by atoms with Gasteiger partial charge in [0.15, 0.2) is 0 Å². The van der Waals surface area contributed by atoms with Gasteiger partial charge in [0.05, 0.1) is 18.6 Å². The molecule has 3 aliphatic rings. The van der Waals surface area contributed by atoms with Gasteiger partial charge in [-0.1, -0.05) is 0 Å². The standard InChI is InChI=1S/C18H25N3O3/c22-18(21-8-1-2-9-24-21)15-11-17-16(5-10-23-17)20(13-15)12-14-3-6-19-7-4-14/h3-4,6-7,15-17H,1-2,5,8-13H2/t15-,16+,17+/m0/s1. The minimum absolute atomic E-state index is 0.0377. The maximum absolute atomic E-state index is 12.8. The summed E-state index contributed by atoms with van der Waals surface area (Å²) in [6.45, 7) is 3.79. The fourth-order valence-corrected chi connectivity index (χ4v) is 4.11. The molecule has 0 unspecified atom stereocenters. The Labute approximate surface area is 142 Å². The van der Waals surface area contributed by atoms with Crippen LogP contribution >= 0.6 is 0 Å². The zero-order valence-electron chi connectivity index (χ0n) is 14.0. The lowest BCUT2D eigenvalue weighted by Crippen LogP contribution is -2.53. The average Bonchev–Trinajstić information content (AvgIpc) is 3.11. The van der Waals surface area contributed by atoms with E-state index in [1.54, 1.807) is 5.06 Å². The predicted molar refractivity (Wildman–Crippen MR) is 87.8 cm³/mol. The van der Waals surface area contributed by atoms with Gasteiger partial charge in [0.2, 0.25) is 0 Å². The summed E-state index contributed by atoms with van der Waals surface area (Å²) in [6.07, 6.45) is 7.75. The molecule has 3 aliphatic heterocycles. The number of hydroxylamine groups is 2. The number of hydrogen-bond donors (Lipinski definition) is 0. The molecule has 1 aromatic rings. The SMILES string of the molecule is O=C([C@H]1C[C@H]2OCC[C@H]2N(Cc2ccncc2)C1)N1CCCCO1. The fourth-order valence-electron chi connectivity index (χ4n) is 4.11. The number of amides is 1. The summed E-state index contributed by atoms with van der Waals surface area (Å²) in [6, 6.07) is 4.51. The number of piperidine rings is 1. The van der Waals surface area contributed by atoms with Crippen LogP contribution in [0, 0.1) is 5.92 Å². The van der Waals surface area contributed by atoms with Gasteiger partial charge in [-0.25, -0.2) is 5.06 Å². The third kappa shape index (κ3) is 3.31. The van der Waals surface area contributed by atoms with Crippen molar-refractivity contribution in [1.82, 2.24) is 14.9 Å². The third-order valence-corrected chi connectivity index (χ3v) is 5.35. The monoisotopic (exact) mass is 331 g/mol. The van der Waals surface area contributed by atoms with Gasteiger partial charge in [-0.2, -0.15) is 0 Å². The van der Waals surface area contributed by atoms with Gasteiger partial charge in [-0.3, -0.25) is 19.5 Å². The first-order valence-electron chi connectivity index (χ1n) is 9.00. The Morgan fingerprint density at radius 1 is 1.25 bits per heavy atom. The lowest BCUT2D eigenvalue weighted by molar-refractivity contribution is -0.204. The van der Waals surface area contributed by atoms with Crippen molar-refractivity contribution in [3.63, 3.8) is 0 Å². The number of nitrogens with zero attached hydrogens (tertiary/aromatic N) is 3. The maximum Gasteiger partial charge on any atom is 0.250 e. The minimum Gasteiger partial charge on any atom is -0.377 e. The molecular weight excluding hydrogens is 306 g/mol. The van der Waals surface area contributed by atoms with E-state index in [4.69, 9.17) is 9.57 Å². The van der Waals surface area contributed by atoms with Crippen LogP contribution in [0.25, 0.3) is 0 Å². The van der Waals surface area contributed by atoms with Crippen molar-refractivity contribution in [3.05, 3.63) is 30.1 Å². The molecule has 0 aliphatic carbocycles. The molecule has 6 nitrogen and oxygen atoms in total. The quantitative estimate of drug-likeness (QED) is 0.842.